The zero-order valence-corrected chi connectivity index (χ0v) is 22.9. The molecule has 6 rings (SSSR count). The van der Waals surface area contributed by atoms with Crippen LogP contribution in [0.5, 0.6) is 0 Å². The van der Waals surface area contributed by atoms with Gasteiger partial charge in [-0.3, -0.25) is 0 Å². The summed E-state index contributed by atoms with van der Waals surface area (Å²) in [6, 6.07) is 0. The molecule has 1 unspecified atom stereocenters. The third kappa shape index (κ3) is 3.39. The Morgan fingerprint density at radius 3 is 2.62 bits per heavy atom. The molecule has 0 radical (unpaired) electrons. The number of carbonyl (C=O) groups excluding carboxylic acids is 1. The number of alkyl halides is 1. The van der Waals surface area contributed by atoms with Gasteiger partial charge in [-0.05, 0) is 87.9 Å². The second-order valence-corrected chi connectivity index (χ2v) is 14.1. The normalized spacial score (nSPS) is 53.5. The molecule has 2 heterocycles. The molecule has 2 N–H and O–H groups in total. The standard InChI is InChI=1S/C30H45FO6/c1-16(2)17(3)6-10-28(5)22-14-20-25-29(22,26(35-20)37-28)11-8-21-27(4)9-7-19(32)12-18(27)13-23(30(21,25)34)36-24(33)15-31/h16,18-23,25-26,32,34H,3,6-15H2,1-2,4-5H3/t18?,19-,20-,21+,22+,23+,25+,26-,27-,28-,29-,30+/m0/s1. The van der Waals surface area contributed by atoms with Gasteiger partial charge in [0.1, 0.15) is 11.7 Å². The van der Waals surface area contributed by atoms with E-state index in [1.807, 2.05) is 0 Å². The first-order chi connectivity index (χ1) is 17.4. The molecule has 0 aromatic carbocycles. The van der Waals surface area contributed by atoms with E-state index in [1.165, 1.54) is 5.57 Å². The number of allylic oxidation sites excluding steroid dienone is 1. The van der Waals surface area contributed by atoms with Crippen molar-refractivity contribution >= 4 is 5.97 Å². The predicted octanol–water partition coefficient (Wildman–Crippen LogP) is 4.71. The Labute approximate surface area is 220 Å². The molecule has 0 amide bonds. The maximum atomic E-state index is 13.4. The van der Waals surface area contributed by atoms with Gasteiger partial charge in [0.25, 0.3) is 0 Å². The maximum Gasteiger partial charge on any atom is 0.337 e. The summed E-state index contributed by atoms with van der Waals surface area (Å²) in [5, 5.41) is 23.4. The lowest BCUT2D eigenvalue weighted by Crippen LogP contribution is -2.71. The van der Waals surface area contributed by atoms with Crippen LogP contribution in [0.15, 0.2) is 12.2 Å². The van der Waals surface area contributed by atoms with Gasteiger partial charge >= 0.3 is 5.97 Å². The Bertz CT molecular complexity index is 970. The minimum atomic E-state index is -1.30. The number of carbonyl (C=O) groups is 1. The van der Waals surface area contributed by atoms with E-state index in [9.17, 15) is 19.4 Å². The molecule has 2 saturated heterocycles. The zero-order chi connectivity index (χ0) is 26.5. The van der Waals surface area contributed by atoms with E-state index < -0.39 is 24.3 Å². The average molecular weight is 521 g/mol. The highest BCUT2D eigenvalue weighted by molar-refractivity contribution is 5.70. The van der Waals surface area contributed by atoms with Gasteiger partial charge in [0.2, 0.25) is 0 Å². The first-order valence-electron chi connectivity index (χ1n) is 14.6. The molecular weight excluding hydrogens is 475 g/mol. The Morgan fingerprint density at radius 1 is 1.16 bits per heavy atom. The second kappa shape index (κ2) is 8.49. The first kappa shape index (κ1) is 26.2. The van der Waals surface area contributed by atoms with Crippen LogP contribution in [0.2, 0.25) is 0 Å². The smallest absolute Gasteiger partial charge is 0.337 e. The molecule has 0 aromatic heterocycles. The molecule has 7 heteroatoms. The van der Waals surface area contributed by atoms with Crippen molar-refractivity contribution in [2.75, 3.05) is 6.67 Å². The molecule has 4 saturated carbocycles. The van der Waals surface area contributed by atoms with Gasteiger partial charge in [0.05, 0.1) is 17.8 Å². The predicted molar refractivity (Wildman–Crippen MR) is 135 cm³/mol. The molecule has 1 spiro atoms. The van der Waals surface area contributed by atoms with Crippen LogP contribution in [0.3, 0.4) is 0 Å². The fourth-order valence-electron chi connectivity index (χ4n) is 10.4. The van der Waals surface area contributed by atoms with Gasteiger partial charge in [-0.2, -0.15) is 0 Å². The lowest BCUT2D eigenvalue weighted by atomic mass is 9.41. The van der Waals surface area contributed by atoms with Crippen LogP contribution in [-0.2, 0) is 19.0 Å². The maximum absolute atomic E-state index is 13.4. The van der Waals surface area contributed by atoms with Crippen LogP contribution in [0.25, 0.3) is 0 Å². The summed E-state index contributed by atoms with van der Waals surface area (Å²) in [4.78, 5) is 12.3. The number of halogens is 1. The van der Waals surface area contributed by atoms with Gasteiger partial charge in [-0.1, -0.05) is 32.9 Å². The number of hydrogen-bond donors (Lipinski definition) is 2. The molecule has 2 aliphatic heterocycles. The van der Waals surface area contributed by atoms with Crippen LogP contribution in [0.1, 0.15) is 85.5 Å². The second-order valence-electron chi connectivity index (χ2n) is 14.1. The molecule has 2 bridgehead atoms. The van der Waals surface area contributed by atoms with Crippen molar-refractivity contribution in [3.05, 3.63) is 12.2 Å². The minimum Gasteiger partial charge on any atom is -0.457 e. The first-order valence-corrected chi connectivity index (χ1v) is 14.6. The van der Waals surface area contributed by atoms with Crippen LogP contribution >= 0.6 is 0 Å². The van der Waals surface area contributed by atoms with Crippen molar-refractivity contribution in [1.82, 2.24) is 0 Å². The Hall–Kier alpha value is -1.02. The largest absolute Gasteiger partial charge is 0.457 e. The van der Waals surface area contributed by atoms with Crippen molar-refractivity contribution < 1.29 is 33.6 Å². The SMILES string of the molecule is C=C(CC[C@]1(C)O[C@@H]2O[C@H]3C[C@H]1[C@]21CC[C@H]2[C@@](O)([C@H](OC(=O)CF)CC4C[C@@H](O)CC[C@@]42C)[C@H]31)C(C)C. The quantitative estimate of drug-likeness (QED) is 0.390. The van der Waals surface area contributed by atoms with E-state index in [0.717, 1.165) is 44.9 Å². The lowest BCUT2D eigenvalue weighted by Gasteiger charge is -2.65. The van der Waals surface area contributed by atoms with Crippen molar-refractivity contribution in [1.29, 1.82) is 0 Å². The molecule has 37 heavy (non-hydrogen) atoms. The summed E-state index contributed by atoms with van der Waals surface area (Å²) in [6.07, 6.45) is 5.20. The van der Waals surface area contributed by atoms with Crippen LogP contribution in [-0.4, -0.2) is 58.7 Å². The zero-order valence-electron chi connectivity index (χ0n) is 22.9. The van der Waals surface area contributed by atoms with E-state index in [2.05, 4.69) is 34.3 Å². The monoisotopic (exact) mass is 520 g/mol. The Morgan fingerprint density at radius 2 is 1.92 bits per heavy atom. The van der Waals surface area contributed by atoms with Crippen molar-refractivity contribution in [3.8, 4) is 0 Å². The highest BCUT2D eigenvalue weighted by Gasteiger charge is 2.83. The summed E-state index contributed by atoms with van der Waals surface area (Å²) in [7, 11) is 0. The number of aliphatic hydroxyl groups excluding tert-OH is 1. The number of esters is 1. The van der Waals surface area contributed by atoms with E-state index in [4.69, 9.17) is 14.2 Å². The van der Waals surface area contributed by atoms with Gasteiger partial charge in [0.15, 0.2) is 13.0 Å². The number of rotatable bonds is 6. The van der Waals surface area contributed by atoms with E-state index in [1.54, 1.807) is 0 Å². The average Bonchev–Trinajstić information content (AvgIpc) is 3.38. The van der Waals surface area contributed by atoms with Gasteiger partial charge in [-0.25, -0.2) is 9.18 Å². The fourth-order valence-corrected chi connectivity index (χ4v) is 10.4. The highest BCUT2D eigenvalue weighted by Crippen LogP contribution is 2.77. The van der Waals surface area contributed by atoms with E-state index in [-0.39, 0.29) is 58.6 Å². The minimum absolute atomic E-state index is 0.101. The molecule has 4 aliphatic carbocycles. The fraction of sp³-hybridized carbons (Fsp3) is 0.900. The molecular formula is C30H45FO6. The molecule has 6 nitrogen and oxygen atoms in total. The number of fused-ring (bicyclic) bond motifs is 3. The van der Waals surface area contributed by atoms with Gasteiger partial charge < -0.3 is 24.4 Å². The molecule has 12 atom stereocenters. The summed E-state index contributed by atoms with van der Waals surface area (Å²) >= 11 is 0. The molecule has 6 aliphatic rings. The Kier molecular flexibility index (Phi) is 6.01. The van der Waals surface area contributed by atoms with Gasteiger partial charge in [-0.15, -0.1) is 0 Å². The lowest BCUT2D eigenvalue weighted by molar-refractivity contribution is -0.274. The van der Waals surface area contributed by atoms with Crippen LogP contribution in [0, 0.1) is 40.4 Å². The van der Waals surface area contributed by atoms with Crippen LogP contribution < -0.4 is 0 Å². The topological polar surface area (TPSA) is 85.2 Å². The third-order valence-electron chi connectivity index (χ3n) is 12.3. The number of aliphatic hydroxyl groups is 2. The summed E-state index contributed by atoms with van der Waals surface area (Å²) in [5.41, 5.74) is -0.951. The van der Waals surface area contributed by atoms with E-state index in [0.29, 0.717) is 18.8 Å². The number of ether oxygens (including phenoxy) is 3. The van der Waals surface area contributed by atoms with Crippen molar-refractivity contribution in [3.63, 3.8) is 0 Å². The summed E-state index contributed by atoms with van der Waals surface area (Å²) < 4.78 is 32.5. The molecule has 0 aromatic rings. The molecule has 208 valence electrons. The summed E-state index contributed by atoms with van der Waals surface area (Å²) in [6.45, 7) is 11.9. The third-order valence-corrected chi connectivity index (χ3v) is 12.3. The molecule has 6 fully saturated rings. The Balaban J connectivity index is 1.37. The highest BCUT2D eigenvalue weighted by atomic mass is 19.1. The van der Waals surface area contributed by atoms with Crippen LogP contribution in [0.4, 0.5) is 4.39 Å². The number of hydrogen-bond acceptors (Lipinski definition) is 6. The van der Waals surface area contributed by atoms with Crippen molar-refractivity contribution in [2.45, 2.75) is 121 Å². The van der Waals surface area contributed by atoms with E-state index >= 15 is 0 Å². The van der Waals surface area contributed by atoms with Gasteiger partial charge in [0, 0.05) is 17.3 Å². The van der Waals surface area contributed by atoms with Crippen molar-refractivity contribution in [2.24, 2.45) is 40.4 Å². The summed E-state index contributed by atoms with van der Waals surface area (Å²) in [5.74, 6) is -0.448.